The minimum absolute atomic E-state index is 0.115. The average molecular weight is 583 g/mol. The van der Waals surface area contributed by atoms with E-state index in [0.717, 1.165) is 22.3 Å². The molecular weight excluding hydrogens is 548 g/mol. The topological polar surface area (TPSA) is 126 Å². The summed E-state index contributed by atoms with van der Waals surface area (Å²) in [5, 5.41) is 40.5. The maximum atomic E-state index is 13.6. The van der Waals surface area contributed by atoms with Crippen molar-refractivity contribution in [1.29, 1.82) is 0 Å². The number of aliphatic hydroxyl groups excluding tert-OH is 1. The molecule has 0 saturated carbocycles. The van der Waals surface area contributed by atoms with Crippen molar-refractivity contribution in [1.82, 2.24) is 0 Å². The Hall–Kier alpha value is -4.69. The molecule has 0 fully saturated rings. The number of hydrogen-bond donors (Lipinski definition) is 4. The highest BCUT2D eigenvalue weighted by Gasteiger charge is 2.40. The summed E-state index contributed by atoms with van der Waals surface area (Å²) in [4.78, 5) is 13.6. The number of ether oxygens (including phenoxy) is 3. The van der Waals surface area contributed by atoms with Crippen LogP contribution in [0.15, 0.2) is 78.9 Å². The first-order valence-electron chi connectivity index (χ1n) is 14.4. The summed E-state index contributed by atoms with van der Waals surface area (Å²) in [6, 6.07) is 22.2. The fraction of sp³-hybridized carbons (Fsp3) is 0.286. The van der Waals surface area contributed by atoms with Crippen molar-refractivity contribution in [2.75, 3.05) is 7.11 Å². The fourth-order valence-corrected chi connectivity index (χ4v) is 6.12. The molecule has 222 valence electrons. The number of rotatable bonds is 8. The van der Waals surface area contributed by atoms with E-state index in [4.69, 9.17) is 14.2 Å². The third-order valence-corrected chi connectivity index (χ3v) is 8.34. The van der Waals surface area contributed by atoms with E-state index >= 15 is 0 Å². The Morgan fingerprint density at radius 1 is 0.837 bits per heavy atom. The third kappa shape index (κ3) is 5.96. The molecule has 0 bridgehead atoms. The van der Waals surface area contributed by atoms with Gasteiger partial charge in [0, 0.05) is 11.6 Å². The lowest BCUT2D eigenvalue weighted by Crippen LogP contribution is -2.27. The number of ketones is 1. The second-order valence-electron chi connectivity index (χ2n) is 11.2. The predicted octanol–water partition coefficient (Wildman–Crippen LogP) is 6.51. The molecule has 0 saturated heterocycles. The number of aryl methyl sites for hydroxylation is 1. The molecule has 0 aliphatic carbocycles. The monoisotopic (exact) mass is 582 g/mol. The summed E-state index contributed by atoms with van der Waals surface area (Å²) in [7, 11) is 1.51. The molecule has 4 atom stereocenters. The van der Waals surface area contributed by atoms with E-state index in [2.05, 4.69) is 0 Å². The molecular formula is C35H34O8. The van der Waals surface area contributed by atoms with Gasteiger partial charge in [0.2, 0.25) is 0 Å². The molecule has 43 heavy (non-hydrogen) atoms. The average Bonchev–Trinajstić information content (AvgIpc) is 3.00. The molecule has 0 spiro atoms. The van der Waals surface area contributed by atoms with E-state index in [1.807, 2.05) is 24.3 Å². The van der Waals surface area contributed by atoms with Gasteiger partial charge in [-0.1, -0.05) is 36.4 Å². The predicted molar refractivity (Wildman–Crippen MR) is 159 cm³/mol. The highest BCUT2D eigenvalue weighted by atomic mass is 16.5. The van der Waals surface area contributed by atoms with Gasteiger partial charge in [0.15, 0.2) is 5.78 Å². The van der Waals surface area contributed by atoms with Crippen molar-refractivity contribution in [3.63, 3.8) is 0 Å². The first-order chi connectivity index (χ1) is 20.8. The van der Waals surface area contributed by atoms with Crippen LogP contribution < -0.4 is 14.2 Å². The number of phenols is 3. The second kappa shape index (κ2) is 11.9. The summed E-state index contributed by atoms with van der Waals surface area (Å²) in [6.45, 7) is 0. The molecule has 8 nitrogen and oxygen atoms in total. The number of phenolic OH excluding ortho intramolecular Hbond substituents is 3. The zero-order valence-corrected chi connectivity index (χ0v) is 23.8. The van der Waals surface area contributed by atoms with Gasteiger partial charge in [0.05, 0.1) is 19.6 Å². The second-order valence-corrected chi connectivity index (χ2v) is 11.2. The van der Waals surface area contributed by atoms with Crippen LogP contribution in [0.5, 0.6) is 34.5 Å². The van der Waals surface area contributed by atoms with Crippen molar-refractivity contribution < 1.29 is 39.4 Å². The van der Waals surface area contributed by atoms with Gasteiger partial charge in [-0.3, -0.25) is 4.79 Å². The minimum Gasteiger partial charge on any atom is -0.508 e. The zero-order valence-electron chi connectivity index (χ0n) is 23.8. The van der Waals surface area contributed by atoms with Gasteiger partial charge in [-0.05, 0) is 84.7 Å². The summed E-state index contributed by atoms with van der Waals surface area (Å²) < 4.78 is 18.8. The lowest BCUT2D eigenvalue weighted by molar-refractivity contribution is 0.0819. The number of aromatic hydroxyl groups is 3. The number of aliphatic hydroxyl groups is 1. The Balaban J connectivity index is 1.37. The van der Waals surface area contributed by atoms with Crippen molar-refractivity contribution >= 4 is 5.78 Å². The molecule has 2 heterocycles. The zero-order chi connectivity index (χ0) is 30.1. The normalized spacial score (nSPS) is 19.9. The van der Waals surface area contributed by atoms with Crippen molar-refractivity contribution in [3.05, 3.63) is 107 Å². The Kier molecular flexibility index (Phi) is 7.86. The lowest BCUT2D eigenvalue weighted by atomic mass is 9.80. The van der Waals surface area contributed by atoms with E-state index < -0.39 is 12.2 Å². The molecule has 2 aliphatic rings. The van der Waals surface area contributed by atoms with Crippen molar-refractivity contribution in [3.8, 4) is 34.5 Å². The van der Waals surface area contributed by atoms with Crippen LogP contribution in [-0.4, -0.2) is 39.4 Å². The van der Waals surface area contributed by atoms with Crippen LogP contribution in [-0.2, 0) is 6.42 Å². The quantitative estimate of drug-likeness (QED) is 0.185. The Bertz CT molecular complexity index is 1600. The number of hydrogen-bond acceptors (Lipinski definition) is 8. The van der Waals surface area contributed by atoms with Gasteiger partial charge in [0.25, 0.3) is 0 Å². The van der Waals surface area contributed by atoms with E-state index in [-0.39, 0.29) is 41.5 Å². The van der Waals surface area contributed by atoms with Crippen molar-refractivity contribution in [2.45, 2.75) is 56.3 Å². The summed E-state index contributed by atoms with van der Waals surface area (Å²) >= 11 is 0. The summed E-state index contributed by atoms with van der Waals surface area (Å²) in [5.41, 5.74) is 3.75. The molecule has 0 amide bonds. The molecule has 6 rings (SSSR count). The van der Waals surface area contributed by atoms with Crippen LogP contribution in [0.25, 0.3) is 0 Å². The number of benzene rings is 4. The van der Waals surface area contributed by atoms with Gasteiger partial charge in [-0.25, -0.2) is 0 Å². The highest BCUT2D eigenvalue weighted by molar-refractivity contribution is 6.03. The third-order valence-electron chi connectivity index (χ3n) is 8.34. The number of Topliss-reactive ketones (excluding diaryl/α,β-unsaturated/α-hetero) is 1. The highest BCUT2D eigenvalue weighted by Crippen LogP contribution is 2.54. The number of fused-ring (bicyclic) bond motifs is 3. The molecule has 0 radical (unpaired) electrons. The largest absolute Gasteiger partial charge is 0.508 e. The molecule has 2 aliphatic heterocycles. The maximum absolute atomic E-state index is 13.6. The Morgan fingerprint density at radius 3 is 2.02 bits per heavy atom. The number of methoxy groups -OCH3 is 1. The first-order valence-corrected chi connectivity index (χ1v) is 14.4. The van der Waals surface area contributed by atoms with Crippen LogP contribution in [0.2, 0.25) is 0 Å². The molecule has 0 aromatic heterocycles. The SMILES string of the molecule is COc1cc2c(c3c1C(=O)C[C@@H](c1ccc(O)cc1)O3)[C@H](C[C@@H](O)CCc1ccc(O)cc1)C[C@H](c1ccc(O)cc1)O2. The van der Waals surface area contributed by atoms with Crippen LogP contribution in [0.3, 0.4) is 0 Å². The van der Waals surface area contributed by atoms with Crippen LogP contribution >= 0.6 is 0 Å². The van der Waals surface area contributed by atoms with E-state index in [9.17, 15) is 25.2 Å². The molecule has 4 aromatic rings. The van der Waals surface area contributed by atoms with E-state index in [1.165, 1.54) is 7.11 Å². The molecule has 4 aromatic carbocycles. The summed E-state index contributed by atoms with van der Waals surface area (Å²) in [5.74, 6) is 1.43. The van der Waals surface area contributed by atoms with Gasteiger partial charge in [-0.2, -0.15) is 0 Å². The maximum Gasteiger partial charge on any atom is 0.174 e. The first kappa shape index (κ1) is 28.4. The van der Waals surface area contributed by atoms with Crippen LogP contribution in [0.1, 0.15) is 76.4 Å². The van der Waals surface area contributed by atoms with Gasteiger partial charge < -0.3 is 34.6 Å². The number of carbonyl (C=O) groups is 1. The van der Waals surface area contributed by atoms with Gasteiger partial charge >= 0.3 is 0 Å². The molecule has 0 unspecified atom stereocenters. The fourth-order valence-electron chi connectivity index (χ4n) is 6.12. The number of carbonyl (C=O) groups excluding carboxylic acids is 1. The minimum atomic E-state index is -0.657. The van der Waals surface area contributed by atoms with Gasteiger partial charge in [-0.15, -0.1) is 0 Å². The Labute approximate surface area is 249 Å². The van der Waals surface area contributed by atoms with E-state index in [1.54, 1.807) is 54.6 Å². The Morgan fingerprint density at radius 2 is 1.42 bits per heavy atom. The molecule has 8 heteroatoms. The molecule has 4 N–H and O–H groups in total. The smallest absolute Gasteiger partial charge is 0.174 e. The standard InChI is InChI=1S/C35H34O8/c1-41-31-19-32-33(35-34(31)28(40)18-30(43-35)22-7-14-26(38)15-8-22)23(17-29(42-32)21-5-12-25(37)13-6-21)16-27(39)11-4-20-2-9-24(36)10-3-20/h2-3,5-10,12-15,19,23,27,29-30,36-39H,4,11,16-18H2,1H3/t23-,27+,29-,30+/m1/s1. The summed E-state index contributed by atoms with van der Waals surface area (Å²) in [6.07, 6.45) is 0.605. The van der Waals surface area contributed by atoms with Gasteiger partial charge in [0.1, 0.15) is 52.3 Å². The van der Waals surface area contributed by atoms with Crippen LogP contribution in [0.4, 0.5) is 0 Å². The van der Waals surface area contributed by atoms with E-state index in [0.29, 0.717) is 48.5 Å². The lowest BCUT2D eigenvalue weighted by Gasteiger charge is -2.38. The van der Waals surface area contributed by atoms with Crippen LogP contribution in [0, 0.1) is 0 Å². The van der Waals surface area contributed by atoms with Crippen molar-refractivity contribution in [2.24, 2.45) is 0 Å².